The molecule has 2 rings (SSSR count). The molecule has 156 valence electrons. The van der Waals surface area contributed by atoms with Crippen LogP contribution in [0.4, 0.5) is 0 Å². The van der Waals surface area contributed by atoms with Gasteiger partial charge in [0.2, 0.25) is 5.89 Å². The van der Waals surface area contributed by atoms with Crippen LogP contribution in [0, 0.1) is 0 Å². The van der Waals surface area contributed by atoms with Crippen molar-refractivity contribution in [2.24, 2.45) is 4.99 Å². The highest BCUT2D eigenvalue weighted by Crippen LogP contribution is 2.17. The third kappa shape index (κ3) is 7.79. The summed E-state index contributed by atoms with van der Waals surface area (Å²) in [6.45, 7) is 11.5. The molecular weight excluding hydrogens is 465 g/mol. The number of guanidine groups is 1. The molecule has 0 amide bonds. The van der Waals surface area contributed by atoms with Gasteiger partial charge in [0, 0.05) is 37.8 Å². The summed E-state index contributed by atoms with van der Waals surface area (Å²) in [6.07, 6.45) is 2.75. The van der Waals surface area contributed by atoms with E-state index in [1.54, 1.807) is 13.3 Å². The van der Waals surface area contributed by atoms with E-state index < -0.39 is 0 Å². The molecule has 0 atom stereocenters. The highest BCUT2D eigenvalue weighted by molar-refractivity contribution is 14.0. The van der Waals surface area contributed by atoms with Gasteiger partial charge in [-0.2, -0.15) is 0 Å². The lowest BCUT2D eigenvalue weighted by atomic mass is 10.2. The highest BCUT2D eigenvalue weighted by atomic mass is 127. The first-order valence-electron chi connectivity index (χ1n) is 9.71. The highest BCUT2D eigenvalue weighted by Gasteiger charge is 2.12. The van der Waals surface area contributed by atoms with Gasteiger partial charge in [-0.25, -0.2) is 4.98 Å². The number of oxazole rings is 1. The van der Waals surface area contributed by atoms with Crippen molar-refractivity contribution < 1.29 is 4.42 Å². The molecule has 28 heavy (non-hydrogen) atoms. The molecule has 0 aliphatic carbocycles. The summed E-state index contributed by atoms with van der Waals surface area (Å²) in [6, 6.07) is 11.0. The van der Waals surface area contributed by atoms with Crippen molar-refractivity contribution in [2.45, 2.75) is 52.7 Å². The molecule has 0 unspecified atom stereocenters. The zero-order chi connectivity index (χ0) is 19.6. The summed E-state index contributed by atoms with van der Waals surface area (Å²) in [5, 5.41) is 6.65. The van der Waals surface area contributed by atoms with Crippen LogP contribution >= 0.6 is 24.0 Å². The van der Waals surface area contributed by atoms with E-state index in [1.807, 2.05) is 30.3 Å². The van der Waals surface area contributed by atoms with E-state index in [1.165, 1.54) is 0 Å². The third-order valence-corrected chi connectivity index (χ3v) is 4.45. The van der Waals surface area contributed by atoms with E-state index >= 15 is 0 Å². The van der Waals surface area contributed by atoms with E-state index in [0.29, 0.717) is 24.5 Å². The average molecular weight is 499 g/mol. The smallest absolute Gasteiger partial charge is 0.226 e. The first kappa shape index (κ1) is 24.4. The fourth-order valence-corrected chi connectivity index (χ4v) is 3.08. The van der Waals surface area contributed by atoms with Gasteiger partial charge in [0.1, 0.15) is 6.26 Å². The maximum atomic E-state index is 5.57. The number of halogens is 1. The molecule has 0 fully saturated rings. The standard InChI is InChI=1S/C21H33N5O.HI/c1-16(2)26(17(3)4)13-9-12-23-21(22-5)24-14-19-15-27-20(25-19)18-10-7-6-8-11-18;/h6-8,10-11,15-17H,9,12-14H2,1-5H3,(H2,22,23,24);1H. The molecule has 0 aliphatic rings. The molecule has 0 radical (unpaired) electrons. The van der Waals surface area contributed by atoms with Crippen molar-refractivity contribution in [2.75, 3.05) is 20.1 Å². The zero-order valence-electron chi connectivity index (χ0n) is 17.6. The van der Waals surface area contributed by atoms with E-state index in [-0.39, 0.29) is 24.0 Å². The fraction of sp³-hybridized carbons (Fsp3) is 0.524. The molecule has 2 aromatic rings. The molecule has 6 nitrogen and oxygen atoms in total. The Labute approximate surface area is 186 Å². The van der Waals surface area contributed by atoms with Crippen molar-refractivity contribution in [1.29, 1.82) is 0 Å². The first-order valence-corrected chi connectivity index (χ1v) is 9.71. The minimum Gasteiger partial charge on any atom is -0.444 e. The van der Waals surface area contributed by atoms with Crippen LogP contribution in [0.25, 0.3) is 11.5 Å². The SMILES string of the molecule is CN=C(NCCCN(C(C)C)C(C)C)NCc1coc(-c2ccccc2)n1.I. The monoisotopic (exact) mass is 499 g/mol. The summed E-state index contributed by atoms with van der Waals surface area (Å²) in [5.74, 6) is 1.41. The number of hydrogen-bond donors (Lipinski definition) is 2. The number of rotatable bonds is 9. The Hall–Kier alpha value is -1.61. The first-order chi connectivity index (χ1) is 13.0. The van der Waals surface area contributed by atoms with Gasteiger partial charge in [0.05, 0.1) is 12.2 Å². The minimum atomic E-state index is 0. The topological polar surface area (TPSA) is 65.7 Å². The van der Waals surface area contributed by atoms with Crippen molar-refractivity contribution in [3.8, 4) is 11.5 Å². The summed E-state index contributed by atoms with van der Waals surface area (Å²) in [5.41, 5.74) is 1.83. The van der Waals surface area contributed by atoms with Crippen molar-refractivity contribution in [1.82, 2.24) is 20.5 Å². The van der Waals surface area contributed by atoms with Crippen LogP contribution in [0.5, 0.6) is 0 Å². The number of nitrogens with one attached hydrogen (secondary N) is 2. The van der Waals surface area contributed by atoms with Crippen LogP contribution < -0.4 is 10.6 Å². The largest absolute Gasteiger partial charge is 0.444 e. The van der Waals surface area contributed by atoms with Gasteiger partial charge in [-0.1, -0.05) is 18.2 Å². The predicted octanol–water partition coefficient (Wildman–Crippen LogP) is 4.13. The van der Waals surface area contributed by atoms with Gasteiger partial charge in [-0.05, 0) is 46.2 Å². The van der Waals surface area contributed by atoms with E-state index in [9.17, 15) is 0 Å². The molecule has 0 bridgehead atoms. The predicted molar refractivity (Wildman–Crippen MR) is 127 cm³/mol. The van der Waals surface area contributed by atoms with Gasteiger partial charge >= 0.3 is 0 Å². The Bertz CT molecular complexity index is 692. The number of nitrogens with zero attached hydrogens (tertiary/aromatic N) is 3. The third-order valence-electron chi connectivity index (χ3n) is 4.45. The van der Waals surface area contributed by atoms with Crippen LogP contribution in [0.3, 0.4) is 0 Å². The van der Waals surface area contributed by atoms with Crippen LogP contribution in [0.15, 0.2) is 46.0 Å². The van der Waals surface area contributed by atoms with Gasteiger partial charge in [-0.15, -0.1) is 24.0 Å². The van der Waals surface area contributed by atoms with Crippen LogP contribution in [0.1, 0.15) is 39.8 Å². The molecule has 0 spiro atoms. The molecule has 1 heterocycles. The molecule has 1 aromatic heterocycles. The summed E-state index contributed by atoms with van der Waals surface area (Å²) in [4.78, 5) is 11.3. The fourth-order valence-electron chi connectivity index (χ4n) is 3.08. The Balaban J connectivity index is 0.00000392. The second kappa shape index (κ2) is 12.8. The normalized spacial score (nSPS) is 11.8. The average Bonchev–Trinajstić information content (AvgIpc) is 3.13. The summed E-state index contributed by atoms with van der Waals surface area (Å²) < 4.78 is 5.57. The van der Waals surface area contributed by atoms with E-state index in [0.717, 1.165) is 36.7 Å². The Kier molecular flexibility index (Phi) is 11.1. The van der Waals surface area contributed by atoms with E-state index in [2.05, 4.69) is 53.2 Å². The summed E-state index contributed by atoms with van der Waals surface area (Å²) >= 11 is 0. The van der Waals surface area contributed by atoms with Crippen LogP contribution in [0.2, 0.25) is 0 Å². The maximum absolute atomic E-state index is 5.57. The van der Waals surface area contributed by atoms with Gasteiger partial charge in [0.15, 0.2) is 5.96 Å². The Morgan fingerprint density at radius 2 is 1.79 bits per heavy atom. The quantitative estimate of drug-likeness (QED) is 0.235. The van der Waals surface area contributed by atoms with Gasteiger partial charge in [0.25, 0.3) is 0 Å². The van der Waals surface area contributed by atoms with Gasteiger partial charge < -0.3 is 15.1 Å². The number of aromatic nitrogens is 1. The molecule has 2 N–H and O–H groups in total. The second-order valence-corrected chi connectivity index (χ2v) is 7.14. The molecule has 0 saturated carbocycles. The second-order valence-electron chi connectivity index (χ2n) is 7.14. The Morgan fingerprint density at radius 1 is 1.11 bits per heavy atom. The number of benzene rings is 1. The van der Waals surface area contributed by atoms with Crippen molar-refractivity contribution >= 4 is 29.9 Å². The zero-order valence-corrected chi connectivity index (χ0v) is 19.9. The Morgan fingerprint density at radius 3 is 2.39 bits per heavy atom. The molecule has 0 aliphatic heterocycles. The molecule has 7 heteroatoms. The number of hydrogen-bond acceptors (Lipinski definition) is 4. The van der Waals surface area contributed by atoms with Crippen LogP contribution in [-0.4, -0.2) is 48.1 Å². The lowest BCUT2D eigenvalue weighted by molar-refractivity contribution is 0.173. The van der Waals surface area contributed by atoms with Gasteiger partial charge in [-0.3, -0.25) is 9.89 Å². The molecule has 1 aromatic carbocycles. The van der Waals surface area contributed by atoms with Crippen LogP contribution in [-0.2, 0) is 6.54 Å². The summed E-state index contributed by atoms with van der Waals surface area (Å²) in [7, 11) is 1.78. The maximum Gasteiger partial charge on any atom is 0.226 e. The minimum absolute atomic E-state index is 0. The lowest BCUT2D eigenvalue weighted by Crippen LogP contribution is -2.41. The van der Waals surface area contributed by atoms with Crippen molar-refractivity contribution in [3.05, 3.63) is 42.3 Å². The van der Waals surface area contributed by atoms with Crippen molar-refractivity contribution in [3.63, 3.8) is 0 Å². The lowest BCUT2D eigenvalue weighted by Gasteiger charge is -2.30. The van der Waals surface area contributed by atoms with E-state index in [4.69, 9.17) is 4.42 Å². The number of aliphatic imine (C=N–C) groups is 1. The molecular formula is C21H34IN5O. The molecule has 0 saturated heterocycles.